The number of benzene rings is 2. The van der Waals surface area contributed by atoms with Crippen molar-refractivity contribution in [3.8, 4) is 11.1 Å². The van der Waals surface area contributed by atoms with E-state index in [1.165, 1.54) is 7.94 Å². The maximum atomic E-state index is 13.1. The summed E-state index contributed by atoms with van der Waals surface area (Å²) in [6, 6.07) is 20.4. The highest BCUT2D eigenvalue weighted by Crippen LogP contribution is 2.37. The summed E-state index contributed by atoms with van der Waals surface area (Å²) in [7, 11) is -3.97. The summed E-state index contributed by atoms with van der Waals surface area (Å²) in [5.74, 6) is 0. The molecule has 0 amide bonds. The molecule has 0 saturated carbocycles. The predicted octanol–water partition coefficient (Wildman–Crippen LogP) is 9.07. The Bertz CT molecular complexity index is 3050. The average molecular weight is 1120 g/mol. The zero-order valence-electron chi connectivity index (χ0n) is 33.1. The van der Waals surface area contributed by atoms with Gasteiger partial charge in [0.05, 0.1) is 27.2 Å². The maximum absolute atomic E-state index is 13.1. The fraction of sp³-hybridized carbons (Fsp3) is 0.238. The molecule has 0 unspecified atom stereocenters. The van der Waals surface area contributed by atoms with Crippen molar-refractivity contribution in [3.05, 3.63) is 135 Å². The zero-order chi connectivity index (χ0) is 43.2. The number of nitrogens with zero attached hydrogens (tertiary/aromatic N) is 8. The molecule has 326 valence electrons. The molecule has 8 aromatic rings. The highest BCUT2D eigenvalue weighted by molar-refractivity contribution is 14.1. The smallest absolute Gasteiger partial charge is 0.399 e. The molecule has 0 aliphatic carbocycles. The molecular formula is C42H46BBr2IN8O6S2. The first kappa shape index (κ1) is 48.8. The normalized spacial score (nSPS) is 14.3. The summed E-state index contributed by atoms with van der Waals surface area (Å²) in [6.07, 6.45) is 13.6. The van der Waals surface area contributed by atoms with Crippen molar-refractivity contribution in [2.75, 3.05) is 0 Å². The van der Waals surface area contributed by atoms with Gasteiger partial charge in [0.15, 0.2) is 11.3 Å². The molecule has 14 nitrogen and oxygen atoms in total. The van der Waals surface area contributed by atoms with Gasteiger partial charge in [0, 0.05) is 97.4 Å². The molecule has 20 heteroatoms. The summed E-state index contributed by atoms with van der Waals surface area (Å²) < 4.78 is 71.5. The maximum Gasteiger partial charge on any atom is 0.498 e. The third kappa shape index (κ3) is 9.80. The number of hydrogen-bond acceptors (Lipinski definition) is 10. The average Bonchev–Trinajstić information content (AvgIpc) is 4.04. The largest absolute Gasteiger partial charge is 0.498 e. The van der Waals surface area contributed by atoms with E-state index in [0.29, 0.717) is 11.3 Å². The predicted molar refractivity (Wildman–Crippen MR) is 260 cm³/mol. The second-order valence-electron chi connectivity index (χ2n) is 14.7. The van der Waals surface area contributed by atoms with Crippen LogP contribution in [0.3, 0.4) is 0 Å². The van der Waals surface area contributed by atoms with E-state index in [-0.39, 0.29) is 43.0 Å². The number of rotatable bonds is 6. The fourth-order valence-corrected chi connectivity index (χ4v) is 10.4. The fourth-order valence-electron chi connectivity index (χ4n) is 6.18. The minimum atomic E-state index is -3.75. The summed E-state index contributed by atoms with van der Waals surface area (Å²) >= 11 is 8.86. The number of halogens is 3. The Kier molecular flexibility index (Phi) is 14.9. The van der Waals surface area contributed by atoms with Crippen LogP contribution in [0.5, 0.6) is 0 Å². The highest BCUT2D eigenvalue weighted by atomic mass is 127. The molecule has 7 heterocycles. The molecule has 0 radical (unpaired) electrons. The van der Waals surface area contributed by atoms with Gasteiger partial charge in [0.2, 0.25) is 0 Å². The lowest BCUT2D eigenvalue weighted by Gasteiger charge is -2.32. The monoisotopic (exact) mass is 1120 g/mol. The van der Waals surface area contributed by atoms with E-state index < -0.39 is 20.0 Å². The van der Waals surface area contributed by atoms with Crippen LogP contribution in [0.25, 0.3) is 33.2 Å². The lowest BCUT2D eigenvalue weighted by Crippen LogP contribution is -2.41. The van der Waals surface area contributed by atoms with E-state index >= 15 is 0 Å². The van der Waals surface area contributed by atoms with Gasteiger partial charge in [-0.3, -0.25) is 9.36 Å². The summed E-state index contributed by atoms with van der Waals surface area (Å²) in [5, 5.41) is 9.83. The number of fused-ring (bicyclic) bond motifs is 2. The molecule has 62 heavy (non-hydrogen) atoms. The lowest BCUT2D eigenvalue weighted by atomic mass is 9.82. The molecule has 1 aliphatic rings. The summed E-state index contributed by atoms with van der Waals surface area (Å²) in [6.45, 7) is 8.18. The Morgan fingerprint density at radius 3 is 1.55 bits per heavy atom. The molecule has 0 atom stereocenters. The molecule has 1 aliphatic heterocycles. The van der Waals surface area contributed by atoms with Crippen LogP contribution in [0.15, 0.2) is 141 Å². The van der Waals surface area contributed by atoms with E-state index in [1.54, 1.807) is 107 Å². The van der Waals surface area contributed by atoms with Crippen molar-refractivity contribution >= 4 is 109 Å². The van der Waals surface area contributed by atoms with Gasteiger partial charge in [0.1, 0.15) is 0 Å². The molecule has 6 aromatic heterocycles. The van der Waals surface area contributed by atoms with Crippen LogP contribution in [0.4, 0.5) is 0 Å². The first-order chi connectivity index (χ1) is 28.3. The Morgan fingerprint density at radius 2 is 1.08 bits per heavy atom. The van der Waals surface area contributed by atoms with E-state index in [2.05, 4.69) is 74.6 Å². The number of aryl methyl sites for hydroxylation is 2. The van der Waals surface area contributed by atoms with Crippen molar-refractivity contribution in [2.24, 2.45) is 14.1 Å². The number of aromatic nitrogens is 8. The van der Waals surface area contributed by atoms with Gasteiger partial charge < -0.3 is 9.31 Å². The van der Waals surface area contributed by atoms with Gasteiger partial charge in [-0.15, -0.1) is 0 Å². The van der Waals surface area contributed by atoms with Gasteiger partial charge in [-0.25, -0.2) is 34.7 Å². The van der Waals surface area contributed by atoms with Crippen molar-refractivity contribution in [2.45, 2.75) is 63.5 Å². The molecule has 9 rings (SSSR count). The minimum absolute atomic E-state index is 0. The van der Waals surface area contributed by atoms with Crippen LogP contribution in [0, 0.1) is 3.57 Å². The van der Waals surface area contributed by atoms with Gasteiger partial charge in [-0.05, 0) is 119 Å². The van der Waals surface area contributed by atoms with Crippen LogP contribution in [0.1, 0.15) is 42.5 Å². The Balaban J connectivity index is 0.000000178. The zero-order valence-corrected chi connectivity index (χ0v) is 40.1. The summed E-state index contributed by atoms with van der Waals surface area (Å²) in [5.41, 5.74) is 2.80. The number of pyridine rings is 2. The van der Waals surface area contributed by atoms with Crippen LogP contribution < -0.4 is 5.46 Å². The topological polar surface area (TPSA) is 158 Å². The van der Waals surface area contributed by atoms with Crippen LogP contribution in [-0.4, -0.2) is 72.6 Å². The first-order valence-electron chi connectivity index (χ1n) is 18.2. The van der Waals surface area contributed by atoms with Crippen molar-refractivity contribution < 1.29 is 26.1 Å². The van der Waals surface area contributed by atoms with Crippen LogP contribution in [-0.2, 0) is 43.5 Å². The molecule has 0 N–H and O–H groups in total. The van der Waals surface area contributed by atoms with Crippen LogP contribution >= 0.6 is 54.5 Å². The van der Waals surface area contributed by atoms with Crippen molar-refractivity contribution in [1.82, 2.24) is 37.5 Å². The second kappa shape index (κ2) is 18.9. The van der Waals surface area contributed by atoms with E-state index in [0.717, 1.165) is 39.9 Å². The minimum Gasteiger partial charge on any atom is -0.399 e. The van der Waals surface area contributed by atoms with Gasteiger partial charge in [-0.2, -0.15) is 10.2 Å². The van der Waals surface area contributed by atoms with Gasteiger partial charge >= 0.3 is 7.12 Å². The third-order valence-electron chi connectivity index (χ3n) is 9.97. The SMILES string of the molecule is C.C.Cn1cc(-c2cn(S(=O)(=O)c3ccccc3)c3ncc(Br)cc23)cn1.Cn1cc(B2OC(C)(C)C(C)(C)O2)cn1.O=S(=O)(c1ccccc1)n1cc(I)c2cc(Br)cnc21. The third-order valence-corrected chi connectivity index (χ3v) is 15.0. The molecular weight excluding hydrogens is 1070 g/mol. The Hall–Kier alpha value is -4.19. The van der Waals surface area contributed by atoms with E-state index in [9.17, 15) is 16.8 Å². The lowest BCUT2D eigenvalue weighted by molar-refractivity contribution is 0.00578. The molecule has 2 aromatic carbocycles. The standard InChI is InChI=1S/C17H13BrN4O2S.C13H8BrIN2O2S.C10H17BN2O2.2CH4/c1-21-10-12(8-20-21)16-11-22(17-15(16)7-13(18)9-19-17)25(23,24)14-5-3-2-4-6-14;14-9-6-11-12(15)8-17(13(11)16-7-9)20(18,19)10-4-2-1-3-5-10;1-9(2)10(3,4)15-11(14-9)8-6-12-13(5)7-8;;/h2-11H,1H3;1-8H;6-7H,1-5H3;2*1H4. The van der Waals surface area contributed by atoms with Crippen LogP contribution in [0.2, 0.25) is 0 Å². The second-order valence-corrected chi connectivity index (χ2v) is 21.4. The Morgan fingerprint density at radius 1 is 0.629 bits per heavy atom. The molecule has 1 saturated heterocycles. The van der Waals surface area contributed by atoms with Gasteiger partial charge in [0.25, 0.3) is 20.0 Å². The van der Waals surface area contributed by atoms with Crippen molar-refractivity contribution in [3.63, 3.8) is 0 Å². The molecule has 0 bridgehead atoms. The number of hydrogen-bond donors (Lipinski definition) is 0. The van der Waals surface area contributed by atoms with Crippen molar-refractivity contribution in [1.29, 1.82) is 0 Å². The van der Waals surface area contributed by atoms with E-state index in [1.807, 2.05) is 66.3 Å². The molecule has 0 spiro atoms. The van der Waals surface area contributed by atoms with E-state index in [4.69, 9.17) is 9.31 Å². The molecule has 1 fully saturated rings. The highest BCUT2D eigenvalue weighted by Gasteiger charge is 2.52. The Labute approximate surface area is 393 Å². The summed E-state index contributed by atoms with van der Waals surface area (Å²) in [4.78, 5) is 9.03. The quantitative estimate of drug-likeness (QED) is 0.116. The van der Waals surface area contributed by atoms with Gasteiger partial charge in [-0.1, -0.05) is 51.3 Å². The first-order valence-corrected chi connectivity index (χ1v) is 23.8.